The zero-order valence-electron chi connectivity index (χ0n) is 13.2. The Morgan fingerprint density at radius 2 is 1.87 bits per heavy atom. The second-order valence-electron chi connectivity index (χ2n) is 5.73. The van der Waals surface area contributed by atoms with Crippen LogP contribution in [0.15, 0.2) is 48.8 Å². The molecule has 0 aliphatic carbocycles. The Morgan fingerprint density at radius 3 is 2.61 bits per heavy atom. The van der Waals surface area contributed by atoms with Crippen LogP contribution in [0.2, 0.25) is 0 Å². The average Bonchev–Trinajstić information content (AvgIpc) is 3.05. The predicted octanol–water partition coefficient (Wildman–Crippen LogP) is 2.42. The van der Waals surface area contributed by atoms with Crippen LogP contribution in [0.3, 0.4) is 0 Å². The van der Waals surface area contributed by atoms with Gasteiger partial charge in [-0.05, 0) is 36.4 Å². The highest BCUT2D eigenvalue weighted by molar-refractivity contribution is 5.67. The number of hydrogen-bond acceptors (Lipinski definition) is 4. The molecule has 1 fully saturated rings. The normalized spacial score (nSPS) is 15.1. The van der Waals surface area contributed by atoms with Gasteiger partial charge in [0.1, 0.15) is 11.6 Å². The molecule has 3 heterocycles. The molecule has 0 atom stereocenters. The van der Waals surface area contributed by atoms with Gasteiger partial charge >= 0.3 is 0 Å². The molecule has 0 radical (unpaired) electrons. The molecule has 2 aromatic heterocycles. The first kappa shape index (κ1) is 14.1. The number of ether oxygens (including phenoxy) is 1. The molecule has 5 heteroatoms. The van der Waals surface area contributed by atoms with Crippen molar-refractivity contribution in [2.24, 2.45) is 0 Å². The lowest BCUT2D eigenvalue weighted by Gasteiger charge is -2.29. The molecular weight excluding hydrogens is 288 g/mol. The zero-order chi connectivity index (χ0) is 15.6. The smallest absolute Gasteiger partial charge is 0.144 e. The number of rotatable bonds is 3. The number of benzene rings is 1. The fourth-order valence-electron chi connectivity index (χ4n) is 3.06. The lowest BCUT2D eigenvalue weighted by Crippen LogP contribution is -2.43. The molecule has 0 amide bonds. The van der Waals surface area contributed by atoms with E-state index >= 15 is 0 Å². The van der Waals surface area contributed by atoms with Crippen LogP contribution in [-0.2, 0) is 0 Å². The van der Waals surface area contributed by atoms with Crippen molar-refractivity contribution < 1.29 is 4.74 Å². The molecule has 23 heavy (non-hydrogen) atoms. The molecule has 118 valence electrons. The van der Waals surface area contributed by atoms with Crippen molar-refractivity contribution in [1.82, 2.24) is 14.7 Å². The molecule has 1 N–H and O–H groups in total. The van der Waals surface area contributed by atoms with E-state index in [1.807, 2.05) is 30.5 Å². The van der Waals surface area contributed by atoms with Crippen LogP contribution in [0.1, 0.15) is 0 Å². The Hall–Kier alpha value is -2.53. The maximum Gasteiger partial charge on any atom is 0.144 e. The minimum atomic E-state index is 0.857. The van der Waals surface area contributed by atoms with Gasteiger partial charge in [-0.25, -0.2) is 4.98 Å². The van der Waals surface area contributed by atoms with Crippen molar-refractivity contribution in [3.63, 3.8) is 0 Å². The van der Waals surface area contributed by atoms with Crippen molar-refractivity contribution >= 4 is 11.2 Å². The van der Waals surface area contributed by atoms with Gasteiger partial charge in [0, 0.05) is 43.6 Å². The number of aromatic nitrogens is 2. The van der Waals surface area contributed by atoms with Gasteiger partial charge in [-0.15, -0.1) is 0 Å². The lowest BCUT2D eigenvalue weighted by atomic mass is 10.2. The van der Waals surface area contributed by atoms with E-state index in [-0.39, 0.29) is 0 Å². The Balaban J connectivity index is 1.69. The van der Waals surface area contributed by atoms with Gasteiger partial charge in [0.15, 0.2) is 0 Å². The molecule has 0 bridgehead atoms. The first-order valence-electron chi connectivity index (χ1n) is 7.92. The SMILES string of the molecule is COc1ccc(-c2ncc3cc(N4CCNCC4)ccn23)cc1. The molecule has 1 saturated heterocycles. The maximum atomic E-state index is 5.22. The van der Waals surface area contributed by atoms with E-state index in [2.05, 4.69) is 37.9 Å². The summed E-state index contributed by atoms with van der Waals surface area (Å²) in [7, 11) is 1.68. The summed E-state index contributed by atoms with van der Waals surface area (Å²) in [6.07, 6.45) is 4.05. The van der Waals surface area contributed by atoms with E-state index in [9.17, 15) is 0 Å². The van der Waals surface area contributed by atoms with Crippen molar-refractivity contribution in [2.45, 2.75) is 0 Å². The Labute approximate surface area is 135 Å². The van der Waals surface area contributed by atoms with Crippen molar-refractivity contribution in [3.05, 3.63) is 48.8 Å². The summed E-state index contributed by atoms with van der Waals surface area (Å²) in [6, 6.07) is 12.4. The fourth-order valence-corrected chi connectivity index (χ4v) is 3.06. The lowest BCUT2D eigenvalue weighted by molar-refractivity contribution is 0.415. The third kappa shape index (κ3) is 2.64. The number of methoxy groups -OCH3 is 1. The average molecular weight is 308 g/mol. The minimum absolute atomic E-state index is 0.857. The van der Waals surface area contributed by atoms with E-state index in [0.717, 1.165) is 48.8 Å². The highest BCUT2D eigenvalue weighted by Crippen LogP contribution is 2.25. The summed E-state index contributed by atoms with van der Waals surface area (Å²) in [6.45, 7) is 4.19. The molecule has 1 aromatic carbocycles. The highest BCUT2D eigenvalue weighted by atomic mass is 16.5. The number of nitrogens with one attached hydrogen (secondary N) is 1. The Kier molecular flexibility index (Phi) is 3.63. The van der Waals surface area contributed by atoms with Crippen molar-refractivity contribution in [3.8, 4) is 17.1 Å². The number of anilines is 1. The van der Waals surface area contributed by atoms with Gasteiger partial charge in [-0.2, -0.15) is 0 Å². The van der Waals surface area contributed by atoms with E-state index in [4.69, 9.17) is 4.74 Å². The van der Waals surface area contributed by atoms with Gasteiger partial charge in [-0.1, -0.05) is 0 Å². The van der Waals surface area contributed by atoms with Crippen LogP contribution in [0.4, 0.5) is 5.69 Å². The van der Waals surface area contributed by atoms with E-state index in [1.54, 1.807) is 7.11 Å². The predicted molar refractivity (Wildman–Crippen MR) is 92.3 cm³/mol. The van der Waals surface area contributed by atoms with Gasteiger partial charge in [0.05, 0.1) is 18.8 Å². The van der Waals surface area contributed by atoms with Gasteiger partial charge in [-0.3, -0.25) is 4.40 Å². The molecule has 0 spiro atoms. The van der Waals surface area contributed by atoms with Crippen molar-refractivity contribution in [1.29, 1.82) is 0 Å². The highest BCUT2D eigenvalue weighted by Gasteiger charge is 2.12. The molecule has 4 rings (SSSR count). The summed E-state index contributed by atoms with van der Waals surface area (Å²) in [5.41, 5.74) is 3.47. The van der Waals surface area contributed by atoms with Crippen molar-refractivity contribution in [2.75, 3.05) is 38.2 Å². The summed E-state index contributed by atoms with van der Waals surface area (Å²) in [5.74, 6) is 1.81. The second kappa shape index (κ2) is 5.93. The summed E-state index contributed by atoms with van der Waals surface area (Å²) < 4.78 is 7.35. The van der Waals surface area contributed by atoms with Crippen LogP contribution < -0.4 is 15.0 Å². The number of nitrogens with zero attached hydrogens (tertiary/aromatic N) is 3. The fraction of sp³-hybridized carbons (Fsp3) is 0.278. The number of piperazine rings is 1. The van der Waals surface area contributed by atoms with Crippen LogP contribution in [0.25, 0.3) is 16.9 Å². The largest absolute Gasteiger partial charge is 0.497 e. The van der Waals surface area contributed by atoms with Crippen LogP contribution in [0.5, 0.6) is 5.75 Å². The van der Waals surface area contributed by atoms with Gasteiger partial charge in [0.25, 0.3) is 0 Å². The first-order valence-corrected chi connectivity index (χ1v) is 7.92. The van der Waals surface area contributed by atoms with Crippen LogP contribution in [0, 0.1) is 0 Å². The van der Waals surface area contributed by atoms with Crippen LogP contribution >= 0.6 is 0 Å². The second-order valence-corrected chi connectivity index (χ2v) is 5.73. The summed E-state index contributed by atoms with van der Waals surface area (Å²) in [5, 5.41) is 3.39. The Morgan fingerprint density at radius 1 is 1.09 bits per heavy atom. The van der Waals surface area contributed by atoms with Crippen LogP contribution in [-0.4, -0.2) is 42.7 Å². The zero-order valence-corrected chi connectivity index (χ0v) is 13.2. The molecule has 1 aliphatic heterocycles. The number of fused-ring (bicyclic) bond motifs is 1. The molecule has 3 aromatic rings. The standard InChI is InChI=1S/C18H20N4O/c1-23-17-4-2-14(3-5-17)18-20-13-16-12-15(6-9-22(16)18)21-10-7-19-8-11-21/h2-6,9,12-13,19H,7-8,10-11H2,1H3. The molecule has 1 aliphatic rings. The molecular formula is C18H20N4O. The van der Waals surface area contributed by atoms with E-state index in [0.29, 0.717) is 0 Å². The Bertz CT molecular complexity index is 804. The van der Waals surface area contributed by atoms with E-state index in [1.165, 1.54) is 5.69 Å². The maximum absolute atomic E-state index is 5.22. The van der Waals surface area contributed by atoms with Gasteiger partial charge in [0.2, 0.25) is 0 Å². The minimum Gasteiger partial charge on any atom is -0.497 e. The number of hydrogen-bond donors (Lipinski definition) is 1. The summed E-state index contributed by atoms with van der Waals surface area (Å²) in [4.78, 5) is 7.01. The first-order chi connectivity index (χ1) is 11.3. The molecule has 0 unspecified atom stereocenters. The third-order valence-corrected chi connectivity index (χ3v) is 4.35. The molecule has 0 saturated carbocycles. The quantitative estimate of drug-likeness (QED) is 0.807. The van der Waals surface area contributed by atoms with E-state index < -0.39 is 0 Å². The number of pyridine rings is 1. The third-order valence-electron chi connectivity index (χ3n) is 4.35. The molecule has 5 nitrogen and oxygen atoms in total. The van der Waals surface area contributed by atoms with Gasteiger partial charge < -0.3 is 15.0 Å². The topological polar surface area (TPSA) is 41.8 Å². The number of imidazole rings is 1. The monoisotopic (exact) mass is 308 g/mol. The summed E-state index contributed by atoms with van der Waals surface area (Å²) >= 11 is 0.